The smallest absolute Gasteiger partial charge is 0.417 e. The molecule has 2 N–H and O–H groups in total. The van der Waals surface area contributed by atoms with E-state index < -0.39 is 27.7 Å². The first-order chi connectivity index (χ1) is 13.2. The van der Waals surface area contributed by atoms with Gasteiger partial charge in [0.05, 0.1) is 28.2 Å². The molecule has 7 nitrogen and oxygen atoms in total. The van der Waals surface area contributed by atoms with Crippen LogP contribution in [0.15, 0.2) is 42.5 Å². The minimum absolute atomic E-state index is 0.0536. The lowest BCUT2D eigenvalue weighted by Crippen LogP contribution is -2.30. The van der Waals surface area contributed by atoms with E-state index in [0.29, 0.717) is 12.2 Å². The van der Waals surface area contributed by atoms with Crippen molar-refractivity contribution in [2.75, 3.05) is 18.5 Å². The van der Waals surface area contributed by atoms with Gasteiger partial charge in [-0.2, -0.15) is 13.2 Å². The van der Waals surface area contributed by atoms with Crippen LogP contribution in [0.25, 0.3) is 0 Å². The standard InChI is InChI=1S/C17H15ClF3N3O4/c18-15-6-5-11(9-14(15)17(19,20)21)23-16(25)22-7-2-8-28-13-4-1-3-12(10-13)24(26)27/h1,3-6,9-10H,2,7-8H2,(H2,22,23,25). The van der Waals surface area contributed by atoms with Crippen LogP contribution in [0.4, 0.5) is 29.3 Å². The van der Waals surface area contributed by atoms with Crippen LogP contribution in [0, 0.1) is 10.1 Å². The highest BCUT2D eigenvalue weighted by molar-refractivity contribution is 6.31. The third kappa shape index (κ3) is 6.31. The second kappa shape index (κ2) is 9.27. The third-order valence-electron chi connectivity index (χ3n) is 3.43. The number of non-ortho nitro benzene ring substituents is 1. The van der Waals surface area contributed by atoms with E-state index in [1.54, 1.807) is 6.07 Å². The maximum absolute atomic E-state index is 12.8. The van der Waals surface area contributed by atoms with Gasteiger partial charge in [-0.05, 0) is 30.7 Å². The highest BCUT2D eigenvalue weighted by Crippen LogP contribution is 2.36. The molecule has 0 spiro atoms. The summed E-state index contributed by atoms with van der Waals surface area (Å²) in [5.74, 6) is 0.319. The molecule has 0 aliphatic carbocycles. The minimum Gasteiger partial charge on any atom is -0.493 e. The predicted molar refractivity (Wildman–Crippen MR) is 96.7 cm³/mol. The van der Waals surface area contributed by atoms with Crippen molar-refractivity contribution >= 4 is 29.0 Å². The lowest BCUT2D eigenvalue weighted by Gasteiger charge is -2.12. The van der Waals surface area contributed by atoms with Crippen molar-refractivity contribution in [3.63, 3.8) is 0 Å². The second-order valence-corrected chi connectivity index (χ2v) is 5.94. The average Bonchev–Trinajstić information content (AvgIpc) is 2.62. The van der Waals surface area contributed by atoms with Gasteiger partial charge in [0.25, 0.3) is 5.69 Å². The molecule has 0 saturated heterocycles. The first kappa shape index (κ1) is 21.3. The summed E-state index contributed by atoms with van der Waals surface area (Å²) in [7, 11) is 0. The normalized spacial score (nSPS) is 11.0. The molecule has 2 rings (SSSR count). The van der Waals surface area contributed by atoms with Crippen LogP contribution in [-0.4, -0.2) is 24.1 Å². The summed E-state index contributed by atoms with van der Waals surface area (Å²) in [4.78, 5) is 21.9. The molecular weight excluding hydrogens is 403 g/mol. The molecular formula is C17H15ClF3N3O4. The first-order valence-electron chi connectivity index (χ1n) is 7.95. The molecule has 0 radical (unpaired) electrons. The number of nitrogens with one attached hydrogen (secondary N) is 2. The predicted octanol–water partition coefficient (Wildman–Crippen LogP) is 4.86. The highest BCUT2D eigenvalue weighted by Gasteiger charge is 2.33. The number of anilines is 1. The Labute approximate surface area is 162 Å². The summed E-state index contributed by atoms with van der Waals surface area (Å²) in [6.07, 6.45) is -4.25. The number of carbonyl (C=O) groups excluding carboxylic acids is 1. The topological polar surface area (TPSA) is 93.5 Å². The van der Waals surface area contributed by atoms with E-state index in [-0.39, 0.29) is 24.5 Å². The molecule has 0 unspecified atom stereocenters. The molecule has 11 heteroatoms. The number of alkyl halides is 3. The Kier molecular flexibility index (Phi) is 7.05. The number of nitrogens with zero attached hydrogens (tertiary/aromatic N) is 1. The Morgan fingerprint density at radius 2 is 1.96 bits per heavy atom. The zero-order chi connectivity index (χ0) is 20.7. The molecule has 0 atom stereocenters. The van der Waals surface area contributed by atoms with Gasteiger partial charge in [-0.3, -0.25) is 10.1 Å². The fourth-order valence-corrected chi connectivity index (χ4v) is 2.37. The minimum atomic E-state index is -4.63. The van der Waals surface area contributed by atoms with Crippen LogP contribution in [0.1, 0.15) is 12.0 Å². The lowest BCUT2D eigenvalue weighted by atomic mass is 10.2. The zero-order valence-corrected chi connectivity index (χ0v) is 15.0. The number of nitro groups is 1. The number of urea groups is 1. The van der Waals surface area contributed by atoms with Crippen LogP contribution >= 0.6 is 11.6 Å². The monoisotopic (exact) mass is 417 g/mol. The summed E-state index contributed by atoms with van der Waals surface area (Å²) in [5, 5.41) is 15.0. The van der Waals surface area contributed by atoms with E-state index in [1.165, 1.54) is 24.3 Å². The lowest BCUT2D eigenvalue weighted by molar-refractivity contribution is -0.384. The number of ether oxygens (including phenoxy) is 1. The summed E-state index contributed by atoms with van der Waals surface area (Å²) in [5.41, 5.74) is -1.20. The van der Waals surface area contributed by atoms with E-state index >= 15 is 0 Å². The van der Waals surface area contributed by atoms with Crippen LogP contribution < -0.4 is 15.4 Å². The van der Waals surface area contributed by atoms with Gasteiger partial charge in [0.1, 0.15) is 5.75 Å². The number of hydrogen-bond acceptors (Lipinski definition) is 4. The van der Waals surface area contributed by atoms with Crippen LogP contribution in [-0.2, 0) is 6.18 Å². The molecule has 2 aromatic rings. The quantitative estimate of drug-likeness (QED) is 0.382. The van der Waals surface area contributed by atoms with E-state index in [0.717, 1.165) is 12.1 Å². The maximum Gasteiger partial charge on any atom is 0.417 e. The zero-order valence-electron chi connectivity index (χ0n) is 14.3. The summed E-state index contributed by atoms with van der Waals surface area (Å²) >= 11 is 5.51. The van der Waals surface area contributed by atoms with Crippen molar-refractivity contribution in [1.29, 1.82) is 0 Å². The number of carbonyl (C=O) groups is 1. The largest absolute Gasteiger partial charge is 0.493 e. The fourth-order valence-electron chi connectivity index (χ4n) is 2.15. The Morgan fingerprint density at radius 1 is 1.21 bits per heavy atom. The number of hydrogen-bond donors (Lipinski definition) is 2. The number of nitro benzene ring substituents is 1. The van der Waals surface area contributed by atoms with E-state index in [1.807, 2.05) is 0 Å². The number of halogens is 4. The fraction of sp³-hybridized carbons (Fsp3) is 0.235. The van der Waals surface area contributed by atoms with Gasteiger partial charge in [0.2, 0.25) is 0 Å². The molecule has 0 fully saturated rings. The molecule has 0 bridgehead atoms. The molecule has 150 valence electrons. The summed E-state index contributed by atoms with van der Waals surface area (Å²) in [6.45, 7) is 0.362. The number of amides is 2. The van der Waals surface area contributed by atoms with Crippen LogP contribution in [0.3, 0.4) is 0 Å². The first-order valence-corrected chi connectivity index (χ1v) is 8.33. The Morgan fingerprint density at radius 3 is 2.64 bits per heavy atom. The van der Waals surface area contributed by atoms with E-state index in [4.69, 9.17) is 16.3 Å². The van der Waals surface area contributed by atoms with Crippen molar-refractivity contribution in [2.24, 2.45) is 0 Å². The summed E-state index contributed by atoms with van der Waals surface area (Å²) in [6, 6.07) is 8.01. The van der Waals surface area contributed by atoms with Gasteiger partial charge in [-0.1, -0.05) is 17.7 Å². The van der Waals surface area contributed by atoms with Gasteiger partial charge in [-0.15, -0.1) is 0 Å². The van der Waals surface area contributed by atoms with Crippen molar-refractivity contribution in [3.8, 4) is 5.75 Å². The Hall–Kier alpha value is -3.01. The van der Waals surface area contributed by atoms with Gasteiger partial charge in [0.15, 0.2) is 0 Å². The third-order valence-corrected chi connectivity index (χ3v) is 3.76. The van der Waals surface area contributed by atoms with Crippen molar-refractivity contribution in [3.05, 3.63) is 63.2 Å². The van der Waals surface area contributed by atoms with Gasteiger partial charge in [-0.25, -0.2) is 4.79 Å². The van der Waals surface area contributed by atoms with Gasteiger partial charge < -0.3 is 15.4 Å². The molecule has 0 heterocycles. The number of benzene rings is 2. The van der Waals surface area contributed by atoms with Gasteiger partial charge >= 0.3 is 12.2 Å². The number of rotatable bonds is 7. The molecule has 0 aliphatic rings. The van der Waals surface area contributed by atoms with Crippen LogP contribution in [0.5, 0.6) is 5.75 Å². The van der Waals surface area contributed by atoms with E-state index in [9.17, 15) is 28.1 Å². The van der Waals surface area contributed by atoms with Gasteiger partial charge in [0, 0.05) is 18.3 Å². The second-order valence-electron chi connectivity index (χ2n) is 5.53. The summed E-state index contributed by atoms with van der Waals surface area (Å²) < 4.78 is 43.7. The van der Waals surface area contributed by atoms with Crippen molar-refractivity contribution in [2.45, 2.75) is 12.6 Å². The highest BCUT2D eigenvalue weighted by atomic mass is 35.5. The molecule has 0 saturated carbocycles. The Bertz CT molecular complexity index is 862. The van der Waals surface area contributed by atoms with Crippen molar-refractivity contribution < 1.29 is 27.6 Å². The maximum atomic E-state index is 12.8. The molecule has 2 aromatic carbocycles. The van der Waals surface area contributed by atoms with Crippen LogP contribution in [0.2, 0.25) is 5.02 Å². The van der Waals surface area contributed by atoms with Crippen molar-refractivity contribution in [1.82, 2.24) is 5.32 Å². The Balaban J connectivity index is 1.76. The molecule has 28 heavy (non-hydrogen) atoms. The SMILES string of the molecule is O=C(NCCCOc1cccc([N+](=O)[O-])c1)Nc1ccc(Cl)c(C(F)(F)F)c1. The average molecular weight is 418 g/mol. The molecule has 0 aromatic heterocycles. The van der Waals surface area contributed by atoms with E-state index in [2.05, 4.69) is 10.6 Å². The molecule has 0 aliphatic heterocycles. The molecule has 2 amide bonds.